The van der Waals surface area contributed by atoms with Gasteiger partial charge in [0.1, 0.15) is 11.3 Å². The smallest absolute Gasteiger partial charge is 0.339 e. The third-order valence-electron chi connectivity index (χ3n) is 4.84. The van der Waals surface area contributed by atoms with E-state index in [2.05, 4.69) is 50.2 Å². The number of carboxylic acids is 1. The lowest BCUT2D eigenvalue weighted by molar-refractivity contribution is 0.0693. The molecule has 3 heteroatoms. The second-order valence-corrected chi connectivity index (χ2v) is 7.80. The lowest BCUT2D eigenvalue weighted by Gasteiger charge is -2.13. The highest BCUT2D eigenvalue weighted by Gasteiger charge is 2.16. The van der Waals surface area contributed by atoms with Crippen molar-refractivity contribution in [3.63, 3.8) is 0 Å². The molecule has 3 rings (SSSR count). The molecule has 3 nitrogen and oxygen atoms in total. The van der Waals surface area contributed by atoms with Gasteiger partial charge in [-0.2, -0.15) is 0 Å². The number of aryl methyl sites for hydroxylation is 4. The first kappa shape index (κ1) is 19.7. The van der Waals surface area contributed by atoms with E-state index in [0.29, 0.717) is 18.4 Å². The van der Waals surface area contributed by atoms with E-state index in [0.717, 1.165) is 27.8 Å². The molecule has 0 aromatic heterocycles. The standard InChI is InChI=1S/C25H26O3/c1-15-5-16(2)8-19(7-15)11-21-13-22(24(26)23(14-21)25(27)28)12-20-9-17(3)6-18(4)10-20/h5-10,13-14,26H,11-12H2,1-4H3,(H,27,28). The Balaban J connectivity index is 2.02. The molecule has 0 aliphatic heterocycles. The van der Waals surface area contributed by atoms with Crippen molar-refractivity contribution in [2.24, 2.45) is 0 Å². The fourth-order valence-corrected chi connectivity index (χ4v) is 3.96. The van der Waals surface area contributed by atoms with Crippen LogP contribution in [0.1, 0.15) is 54.9 Å². The van der Waals surface area contributed by atoms with Gasteiger partial charge in [0.15, 0.2) is 0 Å². The number of phenols is 1. The SMILES string of the molecule is Cc1cc(C)cc(Cc2cc(Cc3cc(C)cc(C)c3)c(O)c(C(=O)O)c2)c1. The van der Waals surface area contributed by atoms with Crippen LogP contribution in [-0.2, 0) is 12.8 Å². The van der Waals surface area contributed by atoms with Crippen molar-refractivity contribution >= 4 is 5.97 Å². The summed E-state index contributed by atoms with van der Waals surface area (Å²) in [5.74, 6) is -1.25. The van der Waals surface area contributed by atoms with Gasteiger partial charge in [0.2, 0.25) is 0 Å². The minimum Gasteiger partial charge on any atom is -0.507 e. The van der Waals surface area contributed by atoms with Crippen LogP contribution in [0.25, 0.3) is 0 Å². The van der Waals surface area contributed by atoms with Crippen LogP contribution in [0.5, 0.6) is 5.75 Å². The minimum atomic E-state index is -1.11. The molecule has 0 unspecified atom stereocenters. The van der Waals surface area contributed by atoms with Gasteiger partial charge in [0.05, 0.1) is 0 Å². The quantitative estimate of drug-likeness (QED) is 0.619. The van der Waals surface area contributed by atoms with Gasteiger partial charge >= 0.3 is 5.97 Å². The van der Waals surface area contributed by atoms with Gasteiger partial charge in [-0.05, 0) is 62.4 Å². The summed E-state index contributed by atoms with van der Waals surface area (Å²) >= 11 is 0. The van der Waals surface area contributed by atoms with E-state index in [1.54, 1.807) is 6.07 Å². The summed E-state index contributed by atoms with van der Waals surface area (Å²) in [6.45, 7) is 8.19. The first-order valence-electron chi connectivity index (χ1n) is 9.43. The maximum absolute atomic E-state index is 11.7. The normalized spacial score (nSPS) is 10.9. The van der Waals surface area contributed by atoms with Crippen LogP contribution in [0.2, 0.25) is 0 Å². The molecule has 0 bridgehead atoms. The molecule has 3 aromatic carbocycles. The average molecular weight is 374 g/mol. The number of aromatic hydroxyl groups is 1. The molecule has 0 fully saturated rings. The molecule has 3 aromatic rings. The van der Waals surface area contributed by atoms with Gasteiger partial charge in [-0.15, -0.1) is 0 Å². The molecule has 0 amide bonds. The molecule has 0 atom stereocenters. The number of carboxylic acid groups (broad SMARTS) is 1. The zero-order valence-electron chi connectivity index (χ0n) is 16.8. The van der Waals surface area contributed by atoms with Crippen molar-refractivity contribution in [2.75, 3.05) is 0 Å². The molecule has 2 N–H and O–H groups in total. The van der Waals surface area contributed by atoms with Gasteiger partial charge < -0.3 is 10.2 Å². The third-order valence-corrected chi connectivity index (χ3v) is 4.84. The monoisotopic (exact) mass is 374 g/mol. The predicted octanol–water partition coefficient (Wildman–Crippen LogP) is 5.51. The minimum absolute atomic E-state index is 0.0405. The molecule has 0 saturated carbocycles. The van der Waals surface area contributed by atoms with Crippen molar-refractivity contribution in [3.05, 3.63) is 98.6 Å². The summed E-state index contributed by atoms with van der Waals surface area (Å²) in [7, 11) is 0. The van der Waals surface area contributed by atoms with Gasteiger partial charge in [0, 0.05) is 6.42 Å². The van der Waals surface area contributed by atoms with Crippen molar-refractivity contribution in [1.29, 1.82) is 0 Å². The molecule has 0 radical (unpaired) electrons. The summed E-state index contributed by atoms with van der Waals surface area (Å²) in [6, 6.07) is 16.1. The highest BCUT2D eigenvalue weighted by atomic mass is 16.4. The number of rotatable bonds is 5. The van der Waals surface area contributed by atoms with Gasteiger partial charge in [0.25, 0.3) is 0 Å². The Kier molecular flexibility index (Phi) is 5.55. The zero-order valence-corrected chi connectivity index (χ0v) is 16.8. The second kappa shape index (κ2) is 7.89. The van der Waals surface area contributed by atoms with Gasteiger partial charge in [-0.1, -0.05) is 64.7 Å². The number of carbonyl (C=O) groups is 1. The number of hydrogen-bond donors (Lipinski definition) is 2. The molecule has 0 saturated heterocycles. The maximum Gasteiger partial charge on any atom is 0.339 e. The first-order chi connectivity index (χ1) is 13.2. The van der Waals surface area contributed by atoms with Crippen LogP contribution in [0.15, 0.2) is 48.5 Å². The van der Waals surface area contributed by atoms with Crippen LogP contribution in [0, 0.1) is 27.7 Å². The van der Waals surface area contributed by atoms with Crippen LogP contribution < -0.4 is 0 Å². The summed E-state index contributed by atoms with van der Waals surface area (Å²) in [6.07, 6.45) is 1.12. The number of benzene rings is 3. The highest BCUT2D eigenvalue weighted by molar-refractivity contribution is 5.91. The summed E-state index contributed by atoms with van der Waals surface area (Å²) < 4.78 is 0. The Labute approximate surface area is 166 Å². The Morgan fingerprint density at radius 2 is 1.11 bits per heavy atom. The van der Waals surface area contributed by atoms with Crippen LogP contribution in [0.3, 0.4) is 0 Å². The fraction of sp³-hybridized carbons (Fsp3) is 0.240. The zero-order chi connectivity index (χ0) is 20.4. The van der Waals surface area contributed by atoms with Crippen molar-refractivity contribution in [2.45, 2.75) is 40.5 Å². The molecule has 0 spiro atoms. The first-order valence-corrected chi connectivity index (χ1v) is 9.43. The predicted molar refractivity (Wildman–Crippen MR) is 113 cm³/mol. The van der Waals surface area contributed by atoms with Crippen molar-refractivity contribution in [1.82, 2.24) is 0 Å². The molecular weight excluding hydrogens is 348 g/mol. The van der Waals surface area contributed by atoms with E-state index in [1.807, 2.05) is 19.9 Å². The van der Waals surface area contributed by atoms with Crippen LogP contribution in [-0.4, -0.2) is 16.2 Å². The second-order valence-electron chi connectivity index (χ2n) is 7.80. The van der Waals surface area contributed by atoms with E-state index in [9.17, 15) is 15.0 Å². The van der Waals surface area contributed by atoms with Crippen LogP contribution >= 0.6 is 0 Å². The van der Waals surface area contributed by atoms with Crippen LogP contribution in [0.4, 0.5) is 0 Å². The van der Waals surface area contributed by atoms with Crippen molar-refractivity contribution < 1.29 is 15.0 Å². The molecule has 144 valence electrons. The lowest BCUT2D eigenvalue weighted by Crippen LogP contribution is -2.03. The Morgan fingerprint density at radius 1 is 0.679 bits per heavy atom. The molecule has 0 aliphatic rings. The van der Waals surface area contributed by atoms with E-state index < -0.39 is 5.97 Å². The van der Waals surface area contributed by atoms with Crippen molar-refractivity contribution in [3.8, 4) is 5.75 Å². The highest BCUT2D eigenvalue weighted by Crippen LogP contribution is 2.29. The van der Waals surface area contributed by atoms with E-state index in [-0.39, 0.29) is 11.3 Å². The summed E-state index contributed by atoms with van der Waals surface area (Å²) in [4.78, 5) is 11.7. The van der Waals surface area contributed by atoms with E-state index in [4.69, 9.17) is 0 Å². The fourth-order valence-electron chi connectivity index (χ4n) is 3.96. The summed E-state index contributed by atoms with van der Waals surface area (Å²) in [5.41, 5.74) is 8.36. The molecular formula is C25H26O3. The largest absolute Gasteiger partial charge is 0.507 e. The number of aromatic carboxylic acids is 1. The number of hydrogen-bond acceptors (Lipinski definition) is 2. The Morgan fingerprint density at radius 3 is 1.57 bits per heavy atom. The molecule has 0 aliphatic carbocycles. The topological polar surface area (TPSA) is 57.5 Å². The lowest BCUT2D eigenvalue weighted by atomic mass is 9.93. The summed E-state index contributed by atoms with van der Waals surface area (Å²) in [5, 5.41) is 20.1. The van der Waals surface area contributed by atoms with Gasteiger partial charge in [-0.3, -0.25) is 0 Å². The Hall–Kier alpha value is -3.07. The molecule has 28 heavy (non-hydrogen) atoms. The third kappa shape index (κ3) is 4.61. The van der Waals surface area contributed by atoms with E-state index >= 15 is 0 Å². The maximum atomic E-state index is 11.7. The van der Waals surface area contributed by atoms with E-state index in [1.165, 1.54) is 11.1 Å². The molecule has 0 heterocycles. The average Bonchev–Trinajstić information content (AvgIpc) is 2.55. The Bertz CT molecular complexity index is 1010. The van der Waals surface area contributed by atoms with Gasteiger partial charge in [-0.25, -0.2) is 4.79 Å².